The Morgan fingerprint density at radius 2 is 2.12 bits per heavy atom. The second kappa shape index (κ2) is 5.65. The van der Waals surface area contributed by atoms with Crippen LogP contribution >= 0.6 is 0 Å². The molecule has 1 heterocycles. The van der Waals surface area contributed by atoms with Gasteiger partial charge in [-0.25, -0.2) is 0 Å². The second-order valence-electron chi connectivity index (χ2n) is 5.13. The normalized spacial score (nSPS) is 17.8. The molecule has 17 heavy (non-hydrogen) atoms. The van der Waals surface area contributed by atoms with Gasteiger partial charge in [0.25, 0.3) is 0 Å². The van der Waals surface area contributed by atoms with E-state index in [4.69, 9.17) is 0 Å². The molecule has 1 fully saturated rings. The van der Waals surface area contributed by atoms with E-state index < -0.39 is 0 Å². The Hall–Kier alpha value is -0.860. The van der Waals surface area contributed by atoms with Crippen molar-refractivity contribution in [2.45, 2.75) is 45.8 Å². The summed E-state index contributed by atoms with van der Waals surface area (Å²) in [4.78, 5) is 2.45. The van der Waals surface area contributed by atoms with Crippen molar-refractivity contribution in [2.75, 3.05) is 13.1 Å². The molecule has 0 aliphatic carbocycles. The first-order valence-corrected chi connectivity index (χ1v) is 6.70. The van der Waals surface area contributed by atoms with Gasteiger partial charge >= 0.3 is 0 Å². The van der Waals surface area contributed by atoms with E-state index in [-0.39, 0.29) is 6.10 Å². The Labute approximate surface area is 104 Å². The van der Waals surface area contributed by atoms with Gasteiger partial charge in [-0.05, 0) is 49.5 Å². The minimum atomic E-state index is -0.295. The number of hydrogen-bond donors (Lipinski definition) is 1. The van der Waals surface area contributed by atoms with E-state index in [0.717, 1.165) is 24.9 Å². The lowest BCUT2D eigenvalue weighted by atomic mass is 9.97. The summed E-state index contributed by atoms with van der Waals surface area (Å²) in [6.45, 7) is 7.68. The summed E-state index contributed by atoms with van der Waals surface area (Å²) in [6.07, 6.45) is 2.92. The Balaban J connectivity index is 2.10. The van der Waals surface area contributed by atoms with Crippen molar-refractivity contribution in [3.63, 3.8) is 0 Å². The summed E-state index contributed by atoms with van der Waals surface area (Å²) in [5, 5.41) is 10.1. The van der Waals surface area contributed by atoms with E-state index in [1.54, 1.807) is 0 Å². The molecule has 1 aromatic carbocycles. The molecular formula is C15H23NO. The van der Waals surface area contributed by atoms with Crippen LogP contribution in [0.25, 0.3) is 0 Å². The molecule has 2 nitrogen and oxygen atoms in total. The smallest absolute Gasteiger partial charge is 0.0792 e. The molecule has 1 atom stereocenters. The average molecular weight is 233 g/mol. The molecule has 1 aliphatic rings. The summed E-state index contributed by atoms with van der Waals surface area (Å²) < 4.78 is 0. The molecule has 1 saturated heterocycles. The van der Waals surface area contributed by atoms with Crippen LogP contribution < -0.4 is 0 Å². The Bertz CT molecular complexity index is 371. The summed E-state index contributed by atoms with van der Waals surface area (Å²) in [6, 6.07) is 6.52. The standard InChI is InChI=1S/C15H23NO/c1-3-5-15(17)14-10-13(7-6-12(14)2)11-16-8-4-9-16/h6-7,10,15,17H,3-5,8-9,11H2,1-2H3. The van der Waals surface area contributed by atoms with Gasteiger partial charge in [0.2, 0.25) is 0 Å². The van der Waals surface area contributed by atoms with Crippen LogP contribution in [0.5, 0.6) is 0 Å². The zero-order chi connectivity index (χ0) is 12.3. The van der Waals surface area contributed by atoms with Gasteiger partial charge in [0.15, 0.2) is 0 Å². The highest BCUT2D eigenvalue weighted by Crippen LogP contribution is 2.24. The molecule has 2 heteroatoms. The fourth-order valence-electron chi connectivity index (χ4n) is 2.37. The quantitative estimate of drug-likeness (QED) is 0.845. The third-order valence-corrected chi connectivity index (χ3v) is 3.62. The van der Waals surface area contributed by atoms with Gasteiger partial charge in [0, 0.05) is 6.54 Å². The molecular weight excluding hydrogens is 210 g/mol. The topological polar surface area (TPSA) is 23.5 Å². The van der Waals surface area contributed by atoms with Crippen molar-refractivity contribution < 1.29 is 5.11 Å². The van der Waals surface area contributed by atoms with Crippen LogP contribution in [0.15, 0.2) is 18.2 Å². The molecule has 0 radical (unpaired) electrons. The van der Waals surface area contributed by atoms with Gasteiger partial charge in [-0.1, -0.05) is 31.5 Å². The zero-order valence-corrected chi connectivity index (χ0v) is 10.9. The molecule has 1 aliphatic heterocycles. The van der Waals surface area contributed by atoms with Crippen LogP contribution in [0.2, 0.25) is 0 Å². The number of aliphatic hydroxyl groups excluding tert-OH is 1. The van der Waals surface area contributed by atoms with Crippen LogP contribution in [0.1, 0.15) is 49.0 Å². The minimum absolute atomic E-state index is 0.295. The molecule has 1 unspecified atom stereocenters. The van der Waals surface area contributed by atoms with Crippen molar-refractivity contribution >= 4 is 0 Å². The first-order valence-electron chi connectivity index (χ1n) is 6.70. The second-order valence-corrected chi connectivity index (χ2v) is 5.13. The van der Waals surface area contributed by atoms with E-state index in [9.17, 15) is 5.11 Å². The fourth-order valence-corrected chi connectivity index (χ4v) is 2.37. The Kier molecular flexibility index (Phi) is 4.19. The molecule has 0 bridgehead atoms. The van der Waals surface area contributed by atoms with Gasteiger partial charge in [-0.15, -0.1) is 0 Å². The van der Waals surface area contributed by atoms with Crippen molar-refractivity contribution in [3.8, 4) is 0 Å². The van der Waals surface area contributed by atoms with E-state index in [1.807, 2.05) is 0 Å². The van der Waals surface area contributed by atoms with Crippen LogP contribution in [0.4, 0.5) is 0 Å². The molecule has 0 saturated carbocycles. The number of rotatable bonds is 5. The van der Waals surface area contributed by atoms with Crippen LogP contribution in [-0.2, 0) is 6.54 Å². The summed E-state index contributed by atoms with van der Waals surface area (Å²) in [7, 11) is 0. The fraction of sp³-hybridized carbons (Fsp3) is 0.600. The lowest BCUT2D eigenvalue weighted by molar-refractivity contribution is 0.163. The summed E-state index contributed by atoms with van der Waals surface area (Å²) in [5.74, 6) is 0. The minimum Gasteiger partial charge on any atom is -0.388 e. The van der Waals surface area contributed by atoms with E-state index in [0.29, 0.717) is 0 Å². The largest absolute Gasteiger partial charge is 0.388 e. The lowest BCUT2D eigenvalue weighted by Gasteiger charge is -2.31. The maximum Gasteiger partial charge on any atom is 0.0792 e. The maximum atomic E-state index is 10.1. The number of aryl methyl sites for hydroxylation is 1. The summed E-state index contributed by atoms with van der Waals surface area (Å²) in [5.41, 5.74) is 3.66. The number of benzene rings is 1. The van der Waals surface area contributed by atoms with Crippen LogP contribution in [0.3, 0.4) is 0 Å². The average Bonchev–Trinajstić information content (AvgIpc) is 2.25. The highest BCUT2D eigenvalue weighted by atomic mass is 16.3. The maximum absolute atomic E-state index is 10.1. The first kappa shape index (κ1) is 12.6. The zero-order valence-electron chi connectivity index (χ0n) is 10.9. The molecule has 0 amide bonds. The predicted molar refractivity (Wildman–Crippen MR) is 70.9 cm³/mol. The van der Waals surface area contributed by atoms with Gasteiger partial charge in [-0.3, -0.25) is 4.90 Å². The molecule has 94 valence electrons. The molecule has 1 aromatic rings. The van der Waals surface area contributed by atoms with E-state index >= 15 is 0 Å². The van der Waals surface area contributed by atoms with Crippen molar-refractivity contribution in [1.29, 1.82) is 0 Å². The van der Waals surface area contributed by atoms with E-state index in [1.165, 1.54) is 30.6 Å². The van der Waals surface area contributed by atoms with Crippen LogP contribution in [-0.4, -0.2) is 23.1 Å². The molecule has 0 spiro atoms. The van der Waals surface area contributed by atoms with Crippen molar-refractivity contribution in [2.24, 2.45) is 0 Å². The first-order chi connectivity index (χ1) is 8.20. The van der Waals surface area contributed by atoms with Crippen molar-refractivity contribution in [3.05, 3.63) is 34.9 Å². The monoisotopic (exact) mass is 233 g/mol. The lowest BCUT2D eigenvalue weighted by Crippen LogP contribution is -2.36. The van der Waals surface area contributed by atoms with Gasteiger partial charge in [0.1, 0.15) is 0 Å². The van der Waals surface area contributed by atoms with Gasteiger partial charge < -0.3 is 5.11 Å². The Morgan fingerprint density at radius 3 is 2.71 bits per heavy atom. The predicted octanol–water partition coefficient (Wildman–Crippen LogP) is 3.03. The van der Waals surface area contributed by atoms with Crippen molar-refractivity contribution in [1.82, 2.24) is 4.90 Å². The molecule has 2 rings (SSSR count). The van der Waals surface area contributed by atoms with Gasteiger partial charge in [0.05, 0.1) is 6.10 Å². The van der Waals surface area contributed by atoms with E-state index in [2.05, 4.69) is 36.9 Å². The third-order valence-electron chi connectivity index (χ3n) is 3.62. The molecule has 1 N–H and O–H groups in total. The van der Waals surface area contributed by atoms with Gasteiger partial charge in [-0.2, -0.15) is 0 Å². The highest BCUT2D eigenvalue weighted by molar-refractivity contribution is 5.32. The Morgan fingerprint density at radius 1 is 1.35 bits per heavy atom. The number of aliphatic hydroxyl groups is 1. The number of likely N-dealkylation sites (tertiary alicyclic amines) is 1. The SMILES string of the molecule is CCCC(O)c1cc(CN2CCC2)ccc1C. The number of nitrogens with zero attached hydrogens (tertiary/aromatic N) is 1. The number of hydrogen-bond acceptors (Lipinski definition) is 2. The highest BCUT2D eigenvalue weighted by Gasteiger charge is 2.15. The third kappa shape index (κ3) is 3.08. The summed E-state index contributed by atoms with van der Waals surface area (Å²) >= 11 is 0. The van der Waals surface area contributed by atoms with Crippen LogP contribution in [0, 0.1) is 6.92 Å². The molecule has 0 aromatic heterocycles.